The van der Waals surface area contributed by atoms with Crippen LogP contribution in [0.4, 0.5) is 4.39 Å². The quantitative estimate of drug-likeness (QED) is 0.237. The molecule has 0 saturated heterocycles. The number of rotatable bonds is 8. The molecule has 3 rings (SSSR count). The molecule has 0 unspecified atom stereocenters. The summed E-state index contributed by atoms with van der Waals surface area (Å²) in [6, 6.07) is 5.04. The van der Waals surface area contributed by atoms with Crippen LogP contribution in [0.2, 0.25) is 0 Å². The van der Waals surface area contributed by atoms with Crippen LogP contribution < -0.4 is 10.1 Å². The average molecular weight is 544 g/mol. The second kappa shape index (κ2) is 12.8. The van der Waals surface area contributed by atoms with Crippen LogP contribution in [-0.4, -0.2) is 52.9 Å². The van der Waals surface area contributed by atoms with Crippen molar-refractivity contribution in [2.45, 2.75) is 58.5 Å². The molecule has 1 N–H and O–H groups in total. The smallest absolute Gasteiger partial charge is 0.193 e. The van der Waals surface area contributed by atoms with E-state index < -0.39 is 0 Å². The molecule has 1 aliphatic rings. The van der Waals surface area contributed by atoms with Crippen molar-refractivity contribution in [3.05, 3.63) is 41.2 Å². The zero-order valence-electron chi connectivity index (χ0n) is 18.7. The van der Waals surface area contributed by atoms with Crippen LogP contribution >= 0.6 is 24.0 Å². The van der Waals surface area contributed by atoms with E-state index in [9.17, 15) is 4.39 Å². The molecule has 172 valence electrons. The molecule has 2 heterocycles. The first kappa shape index (κ1) is 25.4. The van der Waals surface area contributed by atoms with Gasteiger partial charge in [0.1, 0.15) is 11.6 Å². The lowest BCUT2D eigenvalue weighted by molar-refractivity contribution is 0.385. The van der Waals surface area contributed by atoms with Gasteiger partial charge in [-0.15, -0.1) is 34.2 Å². The fraction of sp³-hybridized carbons (Fsp3) is 0.591. The Kier molecular flexibility index (Phi) is 10.5. The maximum atomic E-state index is 14.0. The highest BCUT2D eigenvalue weighted by Gasteiger charge is 2.14. The Hall–Kier alpha value is -1.91. The highest BCUT2D eigenvalue weighted by atomic mass is 127. The summed E-state index contributed by atoms with van der Waals surface area (Å²) in [5, 5.41) is 12.1. The first-order chi connectivity index (χ1) is 14.6. The van der Waals surface area contributed by atoms with Gasteiger partial charge < -0.3 is 19.5 Å². The molecule has 31 heavy (non-hydrogen) atoms. The summed E-state index contributed by atoms with van der Waals surface area (Å²) in [5.41, 5.74) is 0.868. The van der Waals surface area contributed by atoms with Gasteiger partial charge in [-0.05, 0) is 43.9 Å². The van der Waals surface area contributed by atoms with Crippen molar-refractivity contribution in [1.29, 1.82) is 0 Å². The molecule has 9 heteroatoms. The summed E-state index contributed by atoms with van der Waals surface area (Å²) in [5.74, 6) is 2.93. The second-order valence-corrected chi connectivity index (χ2v) is 7.66. The molecule has 0 atom stereocenters. The number of ether oxygens (including phenoxy) is 1. The summed E-state index contributed by atoms with van der Waals surface area (Å²) in [4.78, 5) is 6.76. The second-order valence-electron chi connectivity index (χ2n) is 7.66. The standard InChI is InChI=1S/C22H33FN6O.HI/c1-4-24-22(28(2)16-17-11-12-19(30-3)18(23)15-17)25-13-8-10-21-27-26-20-9-6-5-7-14-29(20)21;/h11-12,15H,4-10,13-14,16H2,1-3H3,(H,24,25);1H. The molecule has 7 nitrogen and oxygen atoms in total. The van der Waals surface area contributed by atoms with E-state index in [1.54, 1.807) is 6.07 Å². The Morgan fingerprint density at radius 3 is 2.87 bits per heavy atom. The molecule has 0 bridgehead atoms. The van der Waals surface area contributed by atoms with Crippen molar-refractivity contribution < 1.29 is 9.13 Å². The number of hydrogen-bond donors (Lipinski definition) is 1. The first-order valence-corrected chi connectivity index (χ1v) is 10.8. The Bertz CT molecular complexity index is 857. The van der Waals surface area contributed by atoms with Gasteiger partial charge in [-0.2, -0.15) is 0 Å². The number of aryl methyl sites for hydroxylation is 2. The highest BCUT2D eigenvalue weighted by Crippen LogP contribution is 2.18. The van der Waals surface area contributed by atoms with Crippen LogP contribution in [0.15, 0.2) is 23.2 Å². The lowest BCUT2D eigenvalue weighted by atomic mass is 10.2. The number of hydrogen-bond acceptors (Lipinski definition) is 4. The molecule has 1 aromatic carbocycles. The fourth-order valence-corrected chi connectivity index (χ4v) is 3.78. The number of benzene rings is 1. The molecule has 0 fully saturated rings. The van der Waals surface area contributed by atoms with Crippen molar-refractivity contribution in [2.24, 2.45) is 4.99 Å². The van der Waals surface area contributed by atoms with Crippen molar-refractivity contribution >= 4 is 29.9 Å². The maximum Gasteiger partial charge on any atom is 0.193 e. The third-order valence-electron chi connectivity index (χ3n) is 5.34. The van der Waals surface area contributed by atoms with Crippen molar-refractivity contribution in [2.75, 3.05) is 27.2 Å². The number of halogens is 2. The van der Waals surface area contributed by atoms with E-state index in [2.05, 4.69) is 20.1 Å². The van der Waals surface area contributed by atoms with Gasteiger partial charge in [-0.3, -0.25) is 4.99 Å². The van der Waals surface area contributed by atoms with E-state index in [1.807, 2.05) is 24.9 Å². The number of nitrogens with zero attached hydrogens (tertiary/aromatic N) is 5. The third-order valence-corrected chi connectivity index (χ3v) is 5.34. The number of methoxy groups -OCH3 is 1. The Morgan fingerprint density at radius 2 is 2.13 bits per heavy atom. The molecule has 0 radical (unpaired) electrons. The first-order valence-electron chi connectivity index (χ1n) is 10.8. The van der Waals surface area contributed by atoms with Gasteiger partial charge in [-0.1, -0.05) is 12.5 Å². The molecule has 0 amide bonds. The van der Waals surface area contributed by atoms with Crippen molar-refractivity contribution in [1.82, 2.24) is 25.0 Å². The minimum absolute atomic E-state index is 0. The van der Waals surface area contributed by atoms with Crippen LogP contribution in [0.5, 0.6) is 5.75 Å². The summed E-state index contributed by atoms with van der Waals surface area (Å²) in [6.45, 7) is 5.11. The molecule has 1 aromatic heterocycles. The Labute approximate surface area is 201 Å². The average Bonchev–Trinajstić information content (AvgIpc) is 2.96. The fourth-order valence-electron chi connectivity index (χ4n) is 3.78. The van der Waals surface area contributed by atoms with Crippen LogP contribution in [0, 0.1) is 5.82 Å². The number of fused-ring (bicyclic) bond motifs is 1. The molecule has 2 aromatic rings. The topological polar surface area (TPSA) is 67.6 Å². The maximum absolute atomic E-state index is 14.0. The van der Waals surface area contributed by atoms with Gasteiger partial charge in [0.15, 0.2) is 17.5 Å². The van der Waals surface area contributed by atoms with Crippen LogP contribution in [-0.2, 0) is 25.9 Å². The summed E-state index contributed by atoms with van der Waals surface area (Å²) < 4.78 is 21.3. The van der Waals surface area contributed by atoms with Gasteiger partial charge in [0, 0.05) is 46.1 Å². The van der Waals surface area contributed by atoms with Gasteiger partial charge in [0.05, 0.1) is 7.11 Å². The molecule has 0 aliphatic carbocycles. The van der Waals surface area contributed by atoms with Gasteiger partial charge in [0.2, 0.25) is 0 Å². The van der Waals surface area contributed by atoms with Crippen LogP contribution in [0.25, 0.3) is 0 Å². The predicted molar refractivity (Wildman–Crippen MR) is 132 cm³/mol. The third kappa shape index (κ3) is 7.05. The van der Waals surface area contributed by atoms with Crippen molar-refractivity contribution in [3.8, 4) is 5.75 Å². The van der Waals surface area contributed by atoms with Gasteiger partial charge in [0.25, 0.3) is 0 Å². The zero-order chi connectivity index (χ0) is 21.3. The molecule has 0 spiro atoms. The number of nitrogens with one attached hydrogen (secondary N) is 1. The van der Waals surface area contributed by atoms with E-state index in [4.69, 9.17) is 9.73 Å². The van der Waals surface area contributed by atoms with E-state index >= 15 is 0 Å². The van der Waals surface area contributed by atoms with E-state index in [0.717, 1.165) is 55.5 Å². The molecule has 0 saturated carbocycles. The lowest BCUT2D eigenvalue weighted by Crippen LogP contribution is -2.38. The van der Waals surface area contributed by atoms with Gasteiger partial charge >= 0.3 is 0 Å². The van der Waals surface area contributed by atoms with E-state index in [1.165, 1.54) is 32.4 Å². The van der Waals surface area contributed by atoms with Gasteiger partial charge in [-0.25, -0.2) is 4.39 Å². The largest absolute Gasteiger partial charge is 0.494 e. The highest BCUT2D eigenvalue weighted by molar-refractivity contribution is 14.0. The Balaban J connectivity index is 0.00000341. The summed E-state index contributed by atoms with van der Waals surface area (Å²) in [7, 11) is 3.43. The molecular formula is C22H34FIN6O. The van der Waals surface area contributed by atoms with E-state index in [0.29, 0.717) is 13.1 Å². The Morgan fingerprint density at radius 1 is 1.29 bits per heavy atom. The summed E-state index contributed by atoms with van der Waals surface area (Å²) in [6.07, 6.45) is 6.51. The SMILES string of the molecule is CCNC(=NCCCc1nnc2n1CCCCC2)N(C)Cc1ccc(OC)c(F)c1.I. The number of aromatic nitrogens is 3. The predicted octanol–water partition coefficient (Wildman–Crippen LogP) is 3.80. The summed E-state index contributed by atoms with van der Waals surface area (Å²) >= 11 is 0. The minimum Gasteiger partial charge on any atom is -0.494 e. The van der Waals surface area contributed by atoms with E-state index in [-0.39, 0.29) is 35.5 Å². The van der Waals surface area contributed by atoms with Crippen LogP contribution in [0.3, 0.4) is 0 Å². The molecule has 1 aliphatic heterocycles. The van der Waals surface area contributed by atoms with Crippen molar-refractivity contribution in [3.63, 3.8) is 0 Å². The molecular weight excluding hydrogens is 510 g/mol. The van der Waals surface area contributed by atoms with Crippen LogP contribution in [0.1, 0.15) is 49.8 Å². The zero-order valence-corrected chi connectivity index (χ0v) is 21.1. The number of aliphatic imine (C=N–C) groups is 1. The lowest BCUT2D eigenvalue weighted by Gasteiger charge is -2.22. The monoisotopic (exact) mass is 544 g/mol. The normalized spacial score (nSPS) is 13.7. The minimum atomic E-state index is -0.349. The number of guanidine groups is 1.